The van der Waals surface area contributed by atoms with Gasteiger partial charge in [0.05, 0.1) is 17.7 Å². The van der Waals surface area contributed by atoms with E-state index in [-0.39, 0.29) is 6.10 Å². The van der Waals surface area contributed by atoms with Gasteiger partial charge in [-0.2, -0.15) is 5.26 Å². The minimum Gasteiger partial charge on any atom is -0.475 e. The number of hydrogen-bond donors (Lipinski definition) is 1. The molecule has 1 aromatic carbocycles. The molecule has 0 atom stereocenters. The summed E-state index contributed by atoms with van der Waals surface area (Å²) in [5, 5.41) is 12.1. The number of nitriles is 1. The smallest absolute Gasteiger partial charge is 0.213 e. The van der Waals surface area contributed by atoms with Gasteiger partial charge in [-0.15, -0.1) is 0 Å². The van der Waals surface area contributed by atoms with E-state index in [2.05, 4.69) is 16.4 Å². The second-order valence-corrected chi connectivity index (χ2v) is 5.08. The van der Waals surface area contributed by atoms with Crippen LogP contribution in [0.25, 0.3) is 0 Å². The molecule has 0 saturated carbocycles. The molecule has 108 valence electrons. The SMILES string of the molecule is CC(C)Oc1ccc(CNCc2ccc(C#N)cc2)cn1. The summed E-state index contributed by atoms with van der Waals surface area (Å²) >= 11 is 0. The molecule has 0 aliphatic rings. The summed E-state index contributed by atoms with van der Waals surface area (Å²) in [7, 11) is 0. The quantitative estimate of drug-likeness (QED) is 0.884. The Balaban J connectivity index is 1.81. The number of nitrogens with one attached hydrogen (secondary N) is 1. The number of benzene rings is 1. The van der Waals surface area contributed by atoms with Gasteiger partial charge < -0.3 is 10.1 Å². The topological polar surface area (TPSA) is 57.9 Å². The molecule has 0 fully saturated rings. The van der Waals surface area contributed by atoms with Crippen LogP contribution in [0.2, 0.25) is 0 Å². The van der Waals surface area contributed by atoms with E-state index >= 15 is 0 Å². The molecule has 21 heavy (non-hydrogen) atoms. The summed E-state index contributed by atoms with van der Waals surface area (Å²) in [6.45, 7) is 5.47. The minimum absolute atomic E-state index is 0.137. The van der Waals surface area contributed by atoms with Crippen LogP contribution in [0.5, 0.6) is 5.88 Å². The Morgan fingerprint density at radius 3 is 2.33 bits per heavy atom. The Bertz CT molecular complexity index is 597. The molecule has 0 saturated heterocycles. The highest BCUT2D eigenvalue weighted by atomic mass is 16.5. The highest BCUT2D eigenvalue weighted by Crippen LogP contribution is 2.09. The molecule has 2 aromatic rings. The number of ether oxygens (including phenoxy) is 1. The number of nitrogens with zero attached hydrogens (tertiary/aromatic N) is 2. The lowest BCUT2D eigenvalue weighted by atomic mass is 10.1. The fourth-order valence-electron chi connectivity index (χ4n) is 1.88. The van der Waals surface area contributed by atoms with Crippen molar-refractivity contribution < 1.29 is 4.74 Å². The van der Waals surface area contributed by atoms with E-state index in [4.69, 9.17) is 10.00 Å². The van der Waals surface area contributed by atoms with Crippen molar-refractivity contribution >= 4 is 0 Å². The Morgan fingerprint density at radius 2 is 1.76 bits per heavy atom. The lowest BCUT2D eigenvalue weighted by Crippen LogP contribution is -2.13. The van der Waals surface area contributed by atoms with Crippen LogP contribution in [0.1, 0.15) is 30.5 Å². The molecule has 0 bridgehead atoms. The van der Waals surface area contributed by atoms with E-state index in [1.807, 2.05) is 56.4 Å². The number of pyridine rings is 1. The standard InChI is InChI=1S/C17H19N3O/c1-13(2)21-17-8-7-16(12-20-17)11-19-10-15-5-3-14(9-18)4-6-15/h3-8,12-13,19H,10-11H2,1-2H3. The Morgan fingerprint density at radius 1 is 1.10 bits per heavy atom. The molecular weight excluding hydrogens is 262 g/mol. The van der Waals surface area contributed by atoms with Crippen LogP contribution in [-0.4, -0.2) is 11.1 Å². The van der Waals surface area contributed by atoms with Crippen LogP contribution in [-0.2, 0) is 13.1 Å². The van der Waals surface area contributed by atoms with Crippen molar-refractivity contribution in [2.75, 3.05) is 0 Å². The van der Waals surface area contributed by atoms with Crippen molar-refractivity contribution in [1.82, 2.24) is 10.3 Å². The Hall–Kier alpha value is -2.38. The first kappa shape index (κ1) is 15.0. The van der Waals surface area contributed by atoms with Gasteiger partial charge in [-0.1, -0.05) is 18.2 Å². The maximum Gasteiger partial charge on any atom is 0.213 e. The van der Waals surface area contributed by atoms with Crippen molar-refractivity contribution in [3.8, 4) is 11.9 Å². The first-order valence-electron chi connectivity index (χ1n) is 6.98. The van der Waals surface area contributed by atoms with Crippen LogP contribution in [0.4, 0.5) is 0 Å². The number of hydrogen-bond acceptors (Lipinski definition) is 4. The summed E-state index contributed by atoms with van der Waals surface area (Å²) in [4.78, 5) is 4.27. The van der Waals surface area contributed by atoms with Crippen LogP contribution in [0, 0.1) is 11.3 Å². The molecular formula is C17H19N3O. The zero-order chi connectivity index (χ0) is 15.1. The normalized spacial score (nSPS) is 10.4. The van der Waals surface area contributed by atoms with Gasteiger partial charge in [0.25, 0.3) is 0 Å². The summed E-state index contributed by atoms with van der Waals surface area (Å²) in [6.07, 6.45) is 1.96. The molecule has 1 N–H and O–H groups in total. The first-order chi connectivity index (χ1) is 10.2. The largest absolute Gasteiger partial charge is 0.475 e. The number of rotatable bonds is 6. The third-order valence-corrected chi connectivity index (χ3v) is 2.90. The van der Waals surface area contributed by atoms with E-state index < -0.39 is 0 Å². The predicted molar refractivity (Wildman–Crippen MR) is 81.7 cm³/mol. The average Bonchev–Trinajstić information content (AvgIpc) is 2.49. The summed E-state index contributed by atoms with van der Waals surface area (Å²) < 4.78 is 5.51. The molecule has 2 rings (SSSR count). The summed E-state index contributed by atoms with van der Waals surface area (Å²) in [6, 6.07) is 13.6. The summed E-state index contributed by atoms with van der Waals surface area (Å²) in [5.41, 5.74) is 2.95. The van der Waals surface area contributed by atoms with E-state index in [0.717, 1.165) is 24.2 Å². The highest BCUT2D eigenvalue weighted by molar-refractivity contribution is 5.31. The molecule has 1 heterocycles. The molecule has 0 radical (unpaired) electrons. The zero-order valence-electron chi connectivity index (χ0n) is 12.3. The van der Waals surface area contributed by atoms with Gasteiger partial charge in [0, 0.05) is 25.4 Å². The van der Waals surface area contributed by atoms with Gasteiger partial charge in [0.1, 0.15) is 0 Å². The van der Waals surface area contributed by atoms with Crippen LogP contribution in [0.3, 0.4) is 0 Å². The van der Waals surface area contributed by atoms with Gasteiger partial charge in [-0.05, 0) is 37.1 Å². The monoisotopic (exact) mass is 281 g/mol. The van der Waals surface area contributed by atoms with Crippen molar-refractivity contribution in [3.05, 3.63) is 59.3 Å². The maximum atomic E-state index is 8.75. The lowest BCUT2D eigenvalue weighted by molar-refractivity contribution is 0.232. The summed E-state index contributed by atoms with van der Waals surface area (Å²) in [5.74, 6) is 0.654. The third kappa shape index (κ3) is 4.90. The highest BCUT2D eigenvalue weighted by Gasteiger charge is 2.00. The molecule has 0 aliphatic heterocycles. The van der Waals surface area contributed by atoms with Crippen molar-refractivity contribution in [1.29, 1.82) is 5.26 Å². The van der Waals surface area contributed by atoms with Crippen LogP contribution >= 0.6 is 0 Å². The van der Waals surface area contributed by atoms with Gasteiger partial charge in [0.15, 0.2) is 0 Å². The minimum atomic E-state index is 0.137. The molecule has 0 amide bonds. The van der Waals surface area contributed by atoms with Crippen LogP contribution < -0.4 is 10.1 Å². The maximum absolute atomic E-state index is 8.75. The van der Waals surface area contributed by atoms with Crippen molar-refractivity contribution in [3.63, 3.8) is 0 Å². The molecule has 0 unspecified atom stereocenters. The molecule has 4 heteroatoms. The first-order valence-corrected chi connectivity index (χ1v) is 6.98. The van der Waals surface area contributed by atoms with Gasteiger partial charge in [-0.25, -0.2) is 4.98 Å². The lowest BCUT2D eigenvalue weighted by Gasteiger charge is -2.09. The van der Waals surface area contributed by atoms with Gasteiger partial charge in [0.2, 0.25) is 5.88 Å². The Kier molecular flexibility index (Phi) is 5.30. The molecule has 4 nitrogen and oxygen atoms in total. The predicted octanol–water partition coefficient (Wildman–Crippen LogP) is 3.03. The van der Waals surface area contributed by atoms with Crippen LogP contribution in [0.15, 0.2) is 42.6 Å². The van der Waals surface area contributed by atoms with Gasteiger partial charge >= 0.3 is 0 Å². The van der Waals surface area contributed by atoms with E-state index in [0.29, 0.717) is 11.4 Å². The van der Waals surface area contributed by atoms with Gasteiger partial charge in [-0.3, -0.25) is 0 Å². The second-order valence-electron chi connectivity index (χ2n) is 5.08. The van der Waals surface area contributed by atoms with E-state index in [1.54, 1.807) is 0 Å². The molecule has 1 aromatic heterocycles. The Labute approximate surface area is 125 Å². The number of aromatic nitrogens is 1. The molecule has 0 aliphatic carbocycles. The second kappa shape index (κ2) is 7.41. The van der Waals surface area contributed by atoms with Crippen molar-refractivity contribution in [2.45, 2.75) is 33.0 Å². The molecule has 0 spiro atoms. The fourth-order valence-corrected chi connectivity index (χ4v) is 1.88. The fraction of sp³-hybridized carbons (Fsp3) is 0.294. The van der Waals surface area contributed by atoms with E-state index in [1.165, 1.54) is 0 Å². The van der Waals surface area contributed by atoms with Crippen molar-refractivity contribution in [2.24, 2.45) is 0 Å². The zero-order valence-corrected chi connectivity index (χ0v) is 12.3. The average molecular weight is 281 g/mol. The van der Waals surface area contributed by atoms with E-state index in [9.17, 15) is 0 Å². The third-order valence-electron chi connectivity index (χ3n) is 2.90.